The van der Waals surface area contributed by atoms with Crippen molar-refractivity contribution < 1.29 is 36.2 Å². The number of hydrogen-bond donors (Lipinski definition) is 2. The third-order valence-corrected chi connectivity index (χ3v) is 11.1. The van der Waals surface area contributed by atoms with Crippen molar-refractivity contribution in [3.8, 4) is 11.5 Å². The number of sulfonamides is 1. The Balaban J connectivity index is 1.50. The number of fused-ring (bicyclic) bond motifs is 1. The Kier molecular flexibility index (Phi) is 11.6. The third-order valence-electron chi connectivity index (χ3n) is 7.41. The van der Waals surface area contributed by atoms with Gasteiger partial charge < -0.3 is 19.9 Å². The molecular formula is C32H41N3O8S2. The number of nitrogens with one attached hydrogen (secondary N) is 1. The summed E-state index contributed by atoms with van der Waals surface area (Å²) in [6, 6.07) is 16.2. The third kappa shape index (κ3) is 9.73. The molecule has 0 aliphatic carbocycles. The van der Waals surface area contributed by atoms with E-state index in [4.69, 9.17) is 9.47 Å². The van der Waals surface area contributed by atoms with Gasteiger partial charge in [0.25, 0.3) is 0 Å². The lowest BCUT2D eigenvalue weighted by molar-refractivity contribution is -0.125. The number of aliphatic hydroxyl groups excluding tert-OH is 1. The number of aliphatic hydroxyl groups is 1. The number of pyridine rings is 1. The molecule has 13 heteroatoms. The number of carbonyl (C=O) groups is 1. The van der Waals surface area contributed by atoms with Crippen LogP contribution in [0.1, 0.15) is 31.9 Å². The van der Waals surface area contributed by atoms with Gasteiger partial charge in [-0.3, -0.25) is 9.78 Å². The lowest BCUT2D eigenvalue weighted by Crippen LogP contribution is -2.52. The van der Waals surface area contributed by atoms with E-state index in [9.17, 15) is 26.7 Å². The topological polar surface area (TPSA) is 152 Å². The zero-order chi connectivity index (χ0) is 32.6. The first-order valence-electron chi connectivity index (χ1n) is 14.9. The predicted molar refractivity (Wildman–Crippen MR) is 170 cm³/mol. The molecule has 0 radical (unpaired) electrons. The van der Waals surface area contributed by atoms with Crippen molar-refractivity contribution in [2.24, 2.45) is 11.8 Å². The Morgan fingerprint density at radius 1 is 0.956 bits per heavy atom. The summed E-state index contributed by atoms with van der Waals surface area (Å²) in [7, 11) is -7.66. The highest BCUT2D eigenvalue weighted by Crippen LogP contribution is 2.35. The number of nitrogens with zero attached hydrogens (tertiary/aromatic N) is 2. The molecule has 3 aromatic rings. The molecule has 1 aliphatic rings. The van der Waals surface area contributed by atoms with Gasteiger partial charge in [-0.15, -0.1) is 0 Å². The number of carbonyl (C=O) groups excluding carboxylic acids is 1. The number of amides is 1. The van der Waals surface area contributed by atoms with E-state index in [1.165, 1.54) is 29.4 Å². The number of aromatic nitrogens is 1. The molecule has 11 nitrogen and oxygen atoms in total. The first-order chi connectivity index (χ1) is 21.3. The van der Waals surface area contributed by atoms with Crippen LogP contribution in [-0.2, 0) is 37.5 Å². The fourth-order valence-electron chi connectivity index (χ4n) is 5.04. The van der Waals surface area contributed by atoms with E-state index in [2.05, 4.69) is 10.3 Å². The standard InChI is InChI=1S/C32H41N3O8S2/c1-23(2)19-35(45(40,41)27-11-12-30-31(17-27)43-22-42-30)20-29(36)28(16-25-8-5-4-6-9-25)34-32(37)24(3)21-44(38,39)15-13-26-10-7-14-33-18-26/h4-12,14,17-18,23-24,28-29,36H,13,15-16,19-22H2,1-3H3,(H,34,37)/t24-,28?,29-/m1/s1. The van der Waals surface area contributed by atoms with E-state index in [1.807, 2.05) is 44.2 Å². The van der Waals surface area contributed by atoms with E-state index in [0.717, 1.165) is 11.1 Å². The minimum atomic E-state index is -4.08. The SMILES string of the molecule is CC(C)CN(C[C@@H](O)C(Cc1ccccc1)NC(=O)[C@H](C)CS(=O)(=O)CCc1cccnc1)S(=O)(=O)c1ccc2c(c1)OCO2. The highest BCUT2D eigenvalue weighted by Gasteiger charge is 2.33. The number of benzene rings is 2. The number of hydrogen-bond acceptors (Lipinski definition) is 9. The summed E-state index contributed by atoms with van der Waals surface area (Å²) in [5, 5.41) is 14.3. The highest BCUT2D eigenvalue weighted by molar-refractivity contribution is 7.91. The molecule has 0 fully saturated rings. The van der Waals surface area contributed by atoms with E-state index in [1.54, 1.807) is 24.5 Å². The van der Waals surface area contributed by atoms with Crippen LogP contribution in [0.15, 0.2) is 78.0 Å². The van der Waals surface area contributed by atoms with Gasteiger partial charge >= 0.3 is 0 Å². The monoisotopic (exact) mass is 659 g/mol. The largest absolute Gasteiger partial charge is 0.454 e. The van der Waals surface area contributed by atoms with Crippen LogP contribution in [0.25, 0.3) is 0 Å². The van der Waals surface area contributed by atoms with Crippen LogP contribution in [0.4, 0.5) is 0 Å². The van der Waals surface area contributed by atoms with Gasteiger partial charge in [0.1, 0.15) is 0 Å². The molecule has 1 aromatic heterocycles. The minimum absolute atomic E-state index is 0.00164. The molecule has 3 atom stereocenters. The molecule has 1 aliphatic heterocycles. The second kappa shape index (κ2) is 15.2. The fourth-order valence-corrected chi connectivity index (χ4v) is 8.30. The predicted octanol–water partition coefficient (Wildman–Crippen LogP) is 2.84. The number of rotatable bonds is 16. The summed E-state index contributed by atoms with van der Waals surface area (Å²) in [5.41, 5.74) is 1.60. The molecule has 45 heavy (non-hydrogen) atoms. The summed E-state index contributed by atoms with van der Waals surface area (Å²) in [6.45, 7) is 5.08. The van der Waals surface area contributed by atoms with Crippen LogP contribution in [0, 0.1) is 11.8 Å². The zero-order valence-electron chi connectivity index (χ0n) is 25.7. The molecule has 2 heterocycles. The van der Waals surface area contributed by atoms with Gasteiger partial charge in [-0.2, -0.15) is 4.31 Å². The summed E-state index contributed by atoms with van der Waals surface area (Å²) < 4.78 is 65.2. The van der Waals surface area contributed by atoms with E-state index in [-0.39, 0.29) is 55.0 Å². The van der Waals surface area contributed by atoms with Crippen molar-refractivity contribution in [3.63, 3.8) is 0 Å². The second-order valence-corrected chi connectivity index (χ2v) is 15.9. The van der Waals surface area contributed by atoms with Crippen molar-refractivity contribution in [1.82, 2.24) is 14.6 Å². The first-order valence-corrected chi connectivity index (χ1v) is 18.1. The number of sulfone groups is 1. The maximum Gasteiger partial charge on any atom is 0.243 e. The van der Waals surface area contributed by atoms with Crippen LogP contribution in [-0.4, -0.2) is 80.7 Å². The minimum Gasteiger partial charge on any atom is -0.454 e. The second-order valence-electron chi connectivity index (χ2n) is 11.7. The number of aryl methyl sites for hydroxylation is 1. The first kappa shape index (κ1) is 34.4. The molecule has 0 spiro atoms. The van der Waals surface area contributed by atoms with E-state index in [0.29, 0.717) is 11.5 Å². The molecule has 4 rings (SSSR count). The molecule has 1 amide bonds. The Morgan fingerprint density at radius 2 is 1.67 bits per heavy atom. The summed E-state index contributed by atoms with van der Waals surface area (Å²) in [6.07, 6.45) is 2.39. The van der Waals surface area contributed by atoms with Crippen molar-refractivity contribution >= 4 is 25.8 Å². The molecule has 2 aromatic carbocycles. The van der Waals surface area contributed by atoms with Crippen molar-refractivity contribution in [2.75, 3.05) is 31.4 Å². The van der Waals surface area contributed by atoms with Crippen LogP contribution >= 0.6 is 0 Å². The maximum absolute atomic E-state index is 13.8. The molecule has 0 saturated carbocycles. The maximum atomic E-state index is 13.8. The van der Waals surface area contributed by atoms with E-state index < -0.39 is 43.8 Å². The fraction of sp³-hybridized carbons (Fsp3) is 0.438. The summed E-state index contributed by atoms with van der Waals surface area (Å²) >= 11 is 0. The normalized spacial score (nSPS) is 15.2. The molecule has 1 unspecified atom stereocenters. The molecule has 0 saturated heterocycles. The average Bonchev–Trinajstić information content (AvgIpc) is 3.48. The van der Waals surface area contributed by atoms with Gasteiger partial charge in [-0.05, 0) is 48.1 Å². The molecular weight excluding hydrogens is 618 g/mol. The summed E-state index contributed by atoms with van der Waals surface area (Å²) in [4.78, 5) is 17.3. The van der Waals surface area contributed by atoms with Gasteiger partial charge in [0.2, 0.25) is 22.7 Å². The van der Waals surface area contributed by atoms with Gasteiger partial charge in [0.15, 0.2) is 21.3 Å². The Bertz CT molecular complexity index is 1640. The van der Waals surface area contributed by atoms with Crippen molar-refractivity contribution in [3.05, 3.63) is 84.2 Å². The van der Waals surface area contributed by atoms with Crippen LogP contribution < -0.4 is 14.8 Å². The Morgan fingerprint density at radius 3 is 2.36 bits per heavy atom. The lowest BCUT2D eigenvalue weighted by Gasteiger charge is -2.31. The molecule has 2 N–H and O–H groups in total. The van der Waals surface area contributed by atoms with E-state index >= 15 is 0 Å². The van der Waals surface area contributed by atoms with Crippen LogP contribution in [0.2, 0.25) is 0 Å². The van der Waals surface area contributed by atoms with Crippen LogP contribution in [0.5, 0.6) is 11.5 Å². The lowest BCUT2D eigenvalue weighted by atomic mass is 10.00. The van der Waals surface area contributed by atoms with Gasteiger partial charge in [0, 0.05) is 37.5 Å². The zero-order valence-corrected chi connectivity index (χ0v) is 27.3. The van der Waals surface area contributed by atoms with Gasteiger partial charge in [-0.1, -0.05) is 57.2 Å². The molecule has 244 valence electrons. The van der Waals surface area contributed by atoms with Crippen molar-refractivity contribution in [1.29, 1.82) is 0 Å². The molecule has 0 bridgehead atoms. The number of ether oxygens (including phenoxy) is 2. The van der Waals surface area contributed by atoms with Gasteiger partial charge in [-0.25, -0.2) is 16.8 Å². The van der Waals surface area contributed by atoms with Crippen molar-refractivity contribution in [2.45, 2.75) is 50.7 Å². The average molecular weight is 660 g/mol. The Hall–Kier alpha value is -3.52. The smallest absolute Gasteiger partial charge is 0.243 e. The highest BCUT2D eigenvalue weighted by atomic mass is 32.2. The quantitative estimate of drug-likeness (QED) is 0.237. The van der Waals surface area contributed by atoms with Gasteiger partial charge in [0.05, 0.1) is 28.5 Å². The Labute approximate surface area is 265 Å². The van der Waals surface area contributed by atoms with Crippen LogP contribution in [0.3, 0.4) is 0 Å². The summed E-state index contributed by atoms with van der Waals surface area (Å²) in [5.74, 6) is -1.25.